The molecular formula is C20H25NO. The second-order valence-electron chi connectivity index (χ2n) is 5.61. The maximum Gasteiger partial charge on any atom is 0.0593 e. The Morgan fingerprint density at radius 1 is 0.909 bits per heavy atom. The van der Waals surface area contributed by atoms with E-state index in [9.17, 15) is 0 Å². The summed E-state index contributed by atoms with van der Waals surface area (Å²) in [4.78, 5) is 2.14. The first-order valence-corrected chi connectivity index (χ1v) is 7.79. The van der Waals surface area contributed by atoms with Gasteiger partial charge in [0.2, 0.25) is 0 Å². The first kappa shape index (κ1) is 16.5. The molecule has 22 heavy (non-hydrogen) atoms. The Hall–Kier alpha value is -1.90. The Morgan fingerprint density at radius 2 is 1.55 bits per heavy atom. The van der Waals surface area contributed by atoms with Gasteiger partial charge in [-0.05, 0) is 37.2 Å². The van der Waals surface area contributed by atoms with Crippen LogP contribution in [0.1, 0.15) is 17.5 Å². The van der Waals surface area contributed by atoms with E-state index in [4.69, 9.17) is 4.74 Å². The fourth-order valence-corrected chi connectivity index (χ4v) is 2.23. The summed E-state index contributed by atoms with van der Waals surface area (Å²) in [6.45, 7) is 2.49. The Balaban J connectivity index is 2.02. The smallest absolute Gasteiger partial charge is 0.0593 e. The topological polar surface area (TPSA) is 12.5 Å². The third-order valence-corrected chi connectivity index (χ3v) is 3.48. The van der Waals surface area contributed by atoms with Gasteiger partial charge in [-0.3, -0.25) is 0 Å². The minimum atomic E-state index is 0.751. The molecule has 0 atom stereocenters. The average Bonchev–Trinajstić information content (AvgIpc) is 2.55. The molecular weight excluding hydrogens is 270 g/mol. The van der Waals surface area contributed by atoms with Crippen molar-refractivity contribution >= 4 is 11.6 Å². The van der Waals surface area contributed by atoms with Gasteiger partial charge in [-0.25, -0.2) is 0 Å². The molecule has 0 aliphatic rings. The maximum absolute atomic E-state index is 5.75. The SMILES string of the molecule is CN(C)CCOCCC(=Cc1ccccc1)c1ccccc1. The van der Waals surface area contributed by atoms with Crippen molar-refractivity contribution < 1.29 is 4.74 Å². The second kappa shape index (κ2) is 9.19. The molecule has 0 saturated carbocycles. The highest BCUT2D eigenvalue weighted by atomic mass is 16.5. The van der Waals surface area contributed by atoms with Gasteiger partial charge >= 0.3 is 0 Å². The molecule has 2 nitrogen and oxygen atoms in total. The zero-order valence-electron chi connectivity index (χ0n) is 13.5. The van der Waals surface area contributed by atoms with Crippen molar-refractivity contribution in [3.63, 3.8) is 0 Å². The fourth-order valence-electron chi connectivity index (χ4n) is 2.23. The zero-order chi connectivity index (χ0) is 15.6. The minimum absolute atomic E-state index is 0.751. The molecule has 0 unspecified atom stereocenters. The predicted octanol–water partition coefficient (Wildman–Crippen LogP) is 4.20. The number of hydrogen-bond donors (Lipinski definition) is 0. The van der Waals surface area contributed by atoms with Crippen molar-refractivity contribution in [2.75, 3.05) is 33.9 Å². The number of rotatable bonds is 8. The highest BCUT2D eigenvalue weighted by Crippen LogP contribution is 2.21. The van der Waals surface area contributed by atoms with Gasteiger partial charge in [-0.1, -0.05) is 66.7 Å². The van der Waals surface area contributed by atoms with Crippen LogP contribution >= 0.6 is 0 Å². The molecule has 116 valence electrons. The van der Waals surface area contributed by atoms with Gasteiger partial charge < -0.3 is 9.64 Å². The monoisotopic (exact) mass is 295 g/mol. The van der Waals surface area contributed by atoms with Crippen molar-refractivity contribution in [1.82, 2.24) is 4.90 Å². The summed E-state index contributed by atoms with van der Waals surface area (Å²) < 4.78 is 5.75. The van der Waals surface area contributed by atoms with E-state index in [0.29, 0.717) is 0 Å². The van der Waals surface area contributed by atoms with Crippen LogP contribution in [0.4, 0.5) is 0 Å². The van der Waals surface area contributed by atoms with Crippen molar-refractivity contribution in [2.45, 2.75) is 6.42 Å². The summed E-state index contributed by atoms with van der Waals surface area (Å²) in [6.07, 6.45) is 3.18. The molecule has 0 saturated heterocycles. The molecule has 0 radical (unpaired) electrons. The number of nitrogens with zero attached hydrogens (tertiary/aromatic N) is 1. The van der Waals surface area contributed by atoms with E-state index >= 15 is 0 Å². The number of benzene rings is 2. The third kappa shape index (κ3) is 5.84. The zero-order valence-corrected chi connectivity index (χ0v) is 13.5. The lowest BCUT2D eigenvalue weighted by Gasteiger charge is -2.12. The van der Waals surface area contributed by atoms with Crippen molar-refractivity contribution in [2.24, 2.45) is 0 Å². The van der Waals surface area contributed by atoms with E-state index < -0.39 is 0 Å². The van der Waals surface area contributed by atoms with Crippen LogP contribution in [-0.4, -0.2) is 38.8 Å². The van der Waals surface area contributed by atoms with Gasteiger partial charge in [0.15, 0.2) is 0 Å². The van der Waals surface area contributed by atoms with Crippen LogP contribution in [0.25, 0.3) is 11.6 Å². The van der Waals surface area contributed by atoms with E-state index in [2.05, 4.69) is 79.7 Å². The molecule has 0 aliphatic heterocycles. The van der Waals surface area contributed by atoms with Gasteiger partial charge in [0.25, 0.3) is 0 Å². The summed E-state index contributed by atoms with van der Waals surface area (Å²) in [5, 5.41) is 0. The largest absolute Gasteiger partial charge is 0.380 e. The minimum Gasteiger partial charge on any atom is -0.380 e. The summed E-state index contributed by atoms with van der Waals surface area (Å²) in [6, 6.07) is 21.0. The maximum atomic E-state index is 5.75. The Bertz CT molecular complexity index is 561. The standard InChI is InChI=1S/C20H25NO/c1-21(2)14-16-22-15-13-20(19-11-7-4-8-12-19)17-18-9-5-3-6-10-18/h3-12,17H,13-16H2,1-2H3. The van der Waals surface area contributed by atoms with Crippen LogP contribution in [0.5, 0.6) is 0 Å². The first-order valence-electron chi connectivity index (χ1n) is 7.79. The lowest BCUT2D eigenvalue weighted by atomic mass is 10.0. The van der Waals surface area contributed by atoms with Crippen molar-refractivity contribution in [3.8, 4) is 0 Å². The Kier molecular flexibility index (Phi) is 6.88. The molecule has 0 aromatic heterocycles. The lowest BCUT2D eigenvalue weighted by Crippen LogP contribution is -2.18. The molecule has 2 aromatic carbocycles. The van der Waals surface area contributed by atoms with Gasteiger partial charge in [0, 0.05) is 6.54 Å². The Morgan fingerprint density at radius 3 is 2.18 bits per heavy atom. The van der Waals surface area contributed by atoms with Crippen LogP contribution in [0.3, 0.4) is 0 Å². The van der Waals surface area contributed by atoms with Gasteiger partial charge in [0.1, 0.15) is 0 Å². The third-order valence-electron chi connectivity index (χ3n) is 3.48. The van der Waals surface area contributed by atoms with E-state index in [0.717, 1.165) is 26.2 Å². The highest BCUT2D eigenvalue weighted by Gasteiger charge is 2.02. The van der Waals surface area contributed by atoms with Gasteiger partial charge in [0.05, 0.1) is 13.2 Å². The van der Waals surface area contributed by atoms with Crippen LogP contribution in [0, 0.1) is 0 Å². The lowest BCUT2D eigenvalue weighted by molar-refractivity contribution is 0.123. The Labute approximate surface area is 134 Å². The molecule has 2 aromatic rings. The van der Waals surface area contributed by atoms with E-state index in [1.165, 1.54) is 16.7 Å². The molecule has 0 aliphatic carbocycles. The number of ether oxygens (including phenoxy) is 1. The molecule has 0 spiro atoms. The summed E-state index contributed by atoms with van der Waals surface area (Å²) in [5.41, 5.74) is 3.81. The van der Waals surface area contributed by atoms with E-state index in [1.807, 2.05) is 6.07 Å². The molecule has 0 heterocycles. The van der Waals surface area contributed by atoms with E-state index in [1.54, 1.807) is 0 Å². The highest BCUT2D eigenvalue weighted by molar-refractivity contribution is 5.81. The fraction of sp³-hybridized carbons (Fsp3) is 0.300. The molecule has 0 bridgehead atoms. The van der Waals surface area contributed by atoms with Crippen LogP contribution in [0.2, 0.25) is 0 Å². The van der Waals surface area contributed by atoms with Gasteiger partial charge in [-0.15, -0.1) is 0 Å². The van der Waals surface area contributed by atoms with Gasteiger partial charge in [-0.2, -0.15) is 0 Å². The van der Waals surface area contributed by atoms with Crippen LogP contribution < -0.4 is 0 Å². The number of hydrogen-bond acceptors (Lipinski definition) is 2. The van der Waals surface area contributed by atoms with Crippen molar-refractivity contribution in [1.29, 1.82) is 0 Å². The molecule has 0 amide bonds. The van der Waals surface area contributed by atoms with Crippen molar-refractivity contribution in [3.05, 3.63) is 71.8 Å². The first-order chi connectivity index (χ1) is 10.8. The normalized spacial score (nSPS) is 11.9. The summed E-state index contributed by atoms with van der Waals surface area (Å²) >= 11 is 0. The van der Waals surface area contributed by atoms with E-state index in [-0.39, 0.29) is 0 Å². The van der Waals surface area contributed by atoms with Crippen LogP contribution in [0.15, 0.2) is 60.7 Å². The summed E-state index contributed by atoms with van der Waals surface area (Å²) in [7, 11) is 4.13. The molecule has 0 N–H and O–H groups in total. The average molecular weight is 295 g/mol. The van der Waals surface area contributed by atoms with Crippen LogP contribution in [-0.2, 0) is 4.74 Å². The number of likely N-dealkylation sites (N-methyl/N-ethyl adjacent to an activating group) is 1. The molecule has 0 fully saturated rings. The molecule has 2 heteroatoms. The molecule has 2 rings (SSSR count). The summed E-state index contributed by atoms with van der Waals surface area (Å²) in [5.74, 6) is 0. The predicted molar refractivity (Wildman–Crippen MR) is 94.7 cm³/mol. The second-order valence-corrected chi connectivity index (χ2v) is 5.61. The quantitative estimate of drug-likeness (QED) is 0.535.